The molecule has 1 fully saturated rings. The topological polar surface area (TPSA) is 76.2 Å². The molecule has 0 aromatic carbocycles. The zero-order chi connectivity index (χ0) is 17.7. The number of hydrogen-bond acceptors (Lipinski definition) is 5. The van der Waals surface area contributed by atoms with Crippen LogP contribution in [-0.4, -0.2) is 68.2 Å². The summed E-state index contributed by atoms with van der Waals surface area (Å²) in [4.78, 5) is 39.0. The maximum absolute atomic E-state index is 12.6. The monoisotopic (exact) mass is 336 g/mol. The second-order valence-corrected chi connectivity index (χ2v) is 5.99. The standard InChI is InChI=1S/C17H24N2O5/c1-18(14-8-10-19(11-9-14)17(22)24-3)15(20)12-4-6-13(7-5-12)16(21)23-2/h4-6,13-14H,7-11H2,1-3H3. The van der Waals surface area contributed by atoms with Crippen molar-refractivity contribution in [2.24, 2.45) is 5.92 Å². The highest BCUT2D eigenvalue weighted by atomic mass is 16.5. The van der Waals surface area contributed by atoms with Crippen LogP contribution in [0.4, 0.5) is 4.79 Å². The fourth-order valence-corrected chi connectivity index (χ4v) is 3.04. The molecule has 2 rings (SSSR count). The number of methoxy groups -OCH3 is 2. The highest BCUT2D eigenvalue weighted by Gasteiger charge is 2.29. The molecule has 1 saturated heterocycles. The number of allylic oxidation sites excluding steroid dienone is 1. The highest BCUT2D eigenvalue weighted by Crippen LogP contribution is 2.22. The van der Waals surface area contributed by atoms with E-state index in [1.165, 1.54) is 14.2 Å². The number of amides is 2. The quantitative estimate of drug-likeness (QED) is 0.727. The van der Waals surface area contributed by atoms with Gasteiger partial charge in [-0.25, -0.2) is 4.79 Å². The minimum absolute atomic E-state index is 0.0638. The van der Waals surface area contributed by atoms with Crippen molar-refractivity contribution in [2.75, 3.05) is 34.4 Å². The van der Waals surface area contributed by atoms with E-state index in [0.717, 1.165) is 12.8 Å². The fourth-order valence-electron chi connectivity index (χ4n) is 3.04. The summed E-state index contributed by atoms with van der Waals surface area (Å²) in [5, 5.41) is 0. The van der Waals surface area contributed by atoms with Gasteiger partial charge in [-0.2, -0.15) is 0 Å². The number of carbonyl (C=O) groups is 3. The second-order valence-electron chi connectivity index (χ2n) is 5.99. The second kappa shape index (κ2) is 7.99. The van der Waals surface area contributed by atoms with E-state index in [4.69, 9.17) is 9.47 Å². The van der Waals surface area contributed by atoms with E-state index < -0.39 is 0 Å². The van der Waals surface area contributed by atoms with Gasteiger partial charge >= 0.3 is 12.1 Å². The van der Waals surface area contributed by atoms with Crippen molar-refractivity contribution in [1.82, 2.24) is 9.80 Å². The lowest BCUT2D eigenvalue weighted by Crippen LogP contribution is -2.47. The van der Waals surface area contributed by atoms with Crippen LogP contribution in [0.1, 0.15) is 19.3 Å². The summed E-state index contributed by atoms with van der Waals surface area (Å²) in [5.74, 6) is -0.677. The lowest BCUT2D eigenvalue weighted by Gasteiger charge is -2.36. The van der Waals surface area contributed by atoms with Gasteiger partial charge < -0.3 is 19.3 Å². The maximum Gasteiger partial charge on any atom is 0.409 e. The van der Waals surface area contributed by atoms with Gasteiger partial charge in [0.25, 0.3) is 5.91 Å². The van der Waals surface area contributed by atoms with Crippen molar-refractivity contribution < 1.29 is 23.9 Å². The van der Waals surface area contributed by atoms with Crippen LogP contribution >= 0.6 is 0 Å². The third-order valence-corrected chi connectivity index (χ3v) is 4.62. The highest BCUT2D eigenvalue weighted by molar-refractivity contribution is 5.97. The fraction of sp³-hybridized carbons (Fsp3) is 0.588. The van der Waals surface area contributed by atoms with Crippen LogP contribution in [0.25, 0.3) is 0 Å². The lowest BCUT2D eigenvalue weighted by atomic mass is 9.95. The van der Waals surface area contributed by atoms with Crippen molar-refractivity contribution in [3.8, 4) is 0 Å². The Morgan fingerprint density at radius 3 is 2.33 bits per heavy atom. The molecule has 0 spiro atoms. The number of rotatable bonds is 3. The molecule has 1 atom stereocenters. The van der Waals surface area contributed by atoms with E-state index in [0.29, 0.717) is 25.1 Å². The van der Waals surface area contributed by atoms with Crippen molar-refractivity contribution in [1.29, 1.82) is 0 Å². The molecular formula is C17H24N2O5. The number of hydrogen-bond donors (Lipinski definition) is 0. The molecule has 1 heterocycles. The number of esters is 1. The van der Waals surface area contributed by atoms with E-state index in [2.05, 4.69) is 0 Å². The van der Waals surface area contributed by atoms with Gasteiger partial charge in [0.2, 0.25) is 0 Å². The molecule has 2 aliphatic rings. The van der Waals surface area contributed by atoms with Crippen molar-refractivity contribution in [2.45, 2.75) is 25.3 Å². The van der Waals surface area contributed by atoms with Crippen LogP contribution in [-0.2, 0) is 19.1 Å². The van der Waals surface area contributed by atoms with Crippen molar-refractivity contribution >= 4 is 18.0 Å². The SMILES string of the molecule is COC(=O)C1C=CC(C(=O)N(C)C2CCN(C(=O)OC)CC2)=CC1. The largest absolute Gasteiger partial charge is 0.469 e. The molecule has 1 aliphatic carbocycles. The summed E-state index contributed by atoms with van der Waals surface area (Å²) in [5.41, 5.74) is 0.591. The molecule has 0 bridgehead atoms. The predicted molar refractivity (Wildman–Crippen MR) is 87.1 cm³/mol. The molecule has 132 valence electrons. The molecule has 0 radical (unpaired) electrons. The van der Waals surface area contributed by atoms with Crippen molar-refractivity contribution in [3.63, 3.8) is 0 Å². The normalized spacial score (nSPS) is 21.0. The molecule has 1 unspecified atom stereocenters. The minimum Gasteiger partial charge on any atom is -0.469 e. The Labute approximate surface area is 141 Å². The maximum atomic E-state index is 12.6. The summed E-state index contributed by atoms with van der Waals surface area (Å²) >= 11 is 0. The van der Waals surface area contributed by atoms with Gasteiger partial charge in [0.1, 0.15) is 0 Å². The molecule has 0 aromatic rings. The lowest BCUT2D eigenvalue weighted by molar-refractivity contribution is -0.143. The predicted octanol–water partition coefficient (Wildman–Crippen LogP) is 1.35. The van der Waals surface area contributed by atoms with Gasteiger partial charge in [-0.1, -0.05) is 18.2 Å². The Morgan fingerprint density at radius 1 is 1.17 bits per heavy atom. The first-order valence-corrected chi connectivity index (χ1v) is 8.04. The molecule has 24 heavy (non-hydrogen) atoms. The summed E-state index contributed by atoms with van der Waals surface area (Å²) in [6.45, 7) is 1.16. The summed E-state index contributed by atoms with van der Waals surface area (Å²) in [6.07, 6.45) is 6.77. The number of carbonyl (C=O) groups excluding carboxylic acids is 3. The average Bonchev–Trinajstić information content (AvgIpc) is 2.65. The van der Waals surface area contributed by atoms with Gasteiger partial charge in [0, 0.05) is 31.8 Å². The van der Waals surface area contributed by atoms with E-state index >= 15 is 0 Å². The summed E-state index contributed by atoms with van der Waals surface area (Å²) in [6, 6.07) is 0.0889. The Balaban J connectivity index is 1.90. The van der Waals surface area contributed by atoms with E-state index in [1.54, 1.807) is 35.1 Å². The Kier molecular flexibility index (Phi) is 6.00. The third kappa shape index (κ3) is 3.96. The van der Waals surface area contributed by atoms with E-state index in [1.807, 2.05) is 0 Å². The number of ether oxygens (including phenoxy) is 2. The van der Waals surface area contributed by atoms with Crippen LogP contribution < -0.4 is 0 Å². The average molecular weight is 336 g/mol. The van der Waals surface area contributed by atoms with Crippen LogP contribution in [0.15, 0.2) is 23.8 Å². The molecule has 7 heteroatoms. The number of piperidine rings is 1. The number of likely N-dealkylation sites (tertiary alicyclic amines) is 1. The Morgan fingerprint density at radius 2 is 1.83 bits per heavy atom. The molecule has 0 saturated carbocycles. The van der Waals surface area contributed by atoms with Crippen LogP contribution in [0, 0.1) is 5.92 Å². The van der Waals surface area contributed by atoms with Gasteiger partial charge in [-0.3, -0.25) is 9.59 Å². The van der Waals surface area contributed by atoms with Gasteiger partial charge in [0.15, 0.2) is 0 Å². The zero-order valence-corrected chi connectivity index (χ0v) is 14.4. The van der Waals surface area contributed by atoms with Gasteiger partial charge in [0.05, 0.1) is 20.1 Å². The Bertz CT molecular complexity index is 561. The van der Waals surface area contributed by atoms with Crippen LogP contribution in [0.3, 0.4) is 0 Å². The first-order valence-electron chi connectivity index (χ1n) is 8.04. The molecule has 2 amide bonds. The van der Waals surface area contributed by atoms with E-state index in [-0.39, 0.29) is 29.9 Å². The Hall–Kier alpha value is -2.31. The molecule has 1 aliphatic heterocycles. The number of nitrogens with zero attached hydrogens (tertiary/aromatic N) is 2. The first kappa shape index (κ1) is 18.0. The van der Waals surface area contributed by atoms with Gasteiger partial charge in [-0.15, -0.1) is 0 Å². The summed E-state index contributed by atoms with van der Waals surface area (Å²) < 4.78 is 9.43. The third-order valence-electron chi connectivity index (χ3n) is 4.62. The van der Waals surface area contributed by atoms with Crippen LogP contribution in [0.5, 0.6) is 0 Å². The molecular weight excluding hydrogens is 312 g/mol. The summed E-state index contributed by atoms with van der Waals surface area (Å²) in [7, 11) is 4.50. The van der Waals surface area contributed by atoms with Crippen molar-refractivity contribution in [3.05, 3.63) is 23.8 Å². The molecule has 7 nitrogen and oxygen atoms in total. The number of likely N-dealkylation sites (N-methyl/N-ethyl adjacent to an activating group) is 1. The van der Waals surface area contributed by atoms with E-state index in [9.17, 15) is 14.4 Å². The van der Waals surface area contributed by atoms with Crippen LogP contribution in [0.2, 0.25) is 0 Å². The minimum atomic E-state index is -0.325. The smallest absolute Gasteiger partial charge is 0.409 e. The first-order chi connectivity index (χ1) is 11.5. The van der Waals surface area contributed by atoms with Gasteiger partial charge in [-0.05, 0) is 19.3 Å². The zero-order valence-electron chi connectivity index (χ0n) is 14.4. The molecule has 0 aromatic heterocycles. The molecule has 0 N–H and O–H groups in total.